The topological polar surface area (TPSA) is 41.4 Å². The molecular formula is C15H28N4. The molecule has 1 rings (SSSR count). The van der Waals surface area contributed by atoms with Crippen molar-refractivity contribution in [2.45, 2.75) is 40.2 Å². The molecule has 1 aromatic heterocycles. The van der Waals surface area contributed by atoms with E-state index in [1.807, 2.05) is 14.1 Å². The summed E-state index contributed by atoms with van der Waals surface area (Å²) in [5.41, 5.74) is 1.67. The summed E-state index contributed by atoms with van der Waals surface area (Å²) < 4.78 is 2.05. The molecule has 108 valence electrons. The van der Waals surface area contributed by atoms with E-state index in [-0.39, 0.29) is 0 Å². The third-order valence-corrected chi connectivity index (χ3v) is 2.97. The maximum Gasteiger partial charge on any atom is 0.191 e. The summed E-state index contributed by atoms with van der Waals surface area (Å²) in [5.74, 6) is 0.873. The predicted molar refractivity (Wildman–Crippen MR) is 82.3 cm³/mol. The van der Waals surface area contributed by atoms with Crippen molar-refractivity contribution in [3.8, 4) is 0 Å². The van der Waals surface area contributed by atoms with Gasteiger partial charge in [0, 0.05) is 39.6 Å². The third kappa shape index (κ3) is 6.89. The summed E-state index contributed by atoms with van der Waals surface area (Å²) in [5, 5.41) is 6.67. The zero-order chi connectivity index (χ0) is 14.3. The van der Waals surface area contributed by atoms with Gasteiger partial charge in [0.25, 0.3) is 0 Å². The molecule has 4 heteroatoms. The van der Waals surface area contributed by atoms with Gasteiger partial charge in [0.15, 0.2) is 5.96 Å². The van der Waals surface area contributed by atoms with E-state index in [1.54, 1.807) is 0 Å². The van der Waals surface area contributed by atoms with Gasteiger partial charge in [0.05, 0.1) is 0 Å². The SMILES string of the molecule is CN=C(NCCCC(C)(C)C)NCc1ccn(C)c1. The Morgan fingerprint density at radius 2 is 2.05 bits per heavy atom. The Balaban J connectivity index is 2.23. The van der Waals surface area contributed by atoms with Gasteiger partial charge in [0.1, 0.15) is 0 Å². The van der Waals surface area contributed by atoms with Crippen molar-refractivity contribution in [2.24, 2.45) is 17.5 Å². The lowest BCUT2D eigenvalue weighted by Gasteiger charge is -2.18. The fraction of sp³-hybridized carbons (Fsp3) is 0.667. The number of nitrogens with zero attached hydrogens (tertiary/aromatic N) is 2. The first-order valence-electron chi connectivity index (χ1n) is 6.96. The van der Waals surface area contributed by atoms with E-state index in [1.165, 1.54) is 12.0 Å². The van der Waals surface area contributed by atoms with E-state index in [0.717, 1.165) is 25.5 Å². The number of nitrogens with one attached hydrogen (secondary N) is 2. The maximum atomic E-state index is 4.23. The third-order valence-electron chi connectivity index (χ3n) is 2.97. The van der Waals surface area contributed by atoms with Crippen LogP contribution in [0, 0.1) is 5.41 Å². The summed E-state index contributed by atoms with van der Waals surface area (Å²) in [6, 6.07) is 2.11. The Kier molecular flexibility index (Phi) is 5.93. The minimum Gasteiger partial charge on any atom is -0.357 e. The Bertz CT molecular complexity index is 399. The number of hydrogen-bond acceptors (Lipinski definition) is 1. The normalized spacial score (nSPS) is 12.6. The molecule has 0 aliphatic carbocycles. The van der Waals surface area contributed by atoms with Crippen LogP contribution < -0.4 is 10.6 Å². The van der Waals surface area contributed by atoms with Crippen LogP contribution >= 0.6 is 0 Å². The van der Waals surface area contributed by atoms with E-state index < -0.39 is 0 Å². The van der Waals surface area contributed by atoms with Gasteiger partial charge in [-0.2, -0.15) is 0 Å². The first-order valence-corrected chi connectivity index (χ1v) is 6.96. The zero-order valence-electron chi connectivity index (χ0n) is 13.0. The monoisotopic (exact) mass is 264 g/mol. The molecule has 0 amide bonds. The Morgan fingerprint density at radius 1 is 1.32 bits per heavy atom. The van der Waals surface area contributed by atoms with Gasteiger partial charge in [-0.05, 0) is 29.9 Å². The van der Waals surface area contributed by atoms with Gasteiger partial charge >= 0.3 is 0 Å². The molecule has 0 aliphatic heterocycles. The Morgan fingerprint density at radius 3 is 2.58 bits per heavy atom. The summed E-state index contributed by atoms with van der Waals surface area (Å²) >= 11 is 0. The van der Waals surface area contributed by atoms with Crippen LogP contribution in [0.4, 0.5) is 0 Å². The van der Waals surface area contributed by atoms with Gasteiger partial charge in [-0.15, -0.1) is 0 Å². The van der Waals surface area contributed by atoms with Crippen LogP contribution in [0.25, 0.3) is 0 Å². The van der Waals surface area contributed by atoms with Crippen LogP contribution in [0.1, 0.15) is 39.2 Å². The largest absolute Gasteiger partial charge is 0.357 e. The van der Waals surface area contributed by atoms with Gasteiger partial charge in [-0.25, -0.2) is 0 Å². The highest BCUT2D eigenvalue weighted by Crippen LogP contribution is 2.19. The molecule has 0 aliphatic rings. The Labute approximate surface area is 117 Å². The lowest BCUT2D eigenvalue weighted by molar-refractivity contribution is 0.365. The van der Waals surface area contributed by atoms with E-state index in [9.17, 15) is 0 Å². The second-order valence-electron chi connectivity index (χ2n) is 6.20. The second kappa shape index (κ2) is 7.22. The van der Waals surface area contributed by atoms with E-state index >= 15 is 0 Å². The van der Waals surface area contributed by atoms with E-state index in [2.05, 4.69) is 59.4 Å². The molecule has 0 saturated carbocycles. The van der Waals surface area contributed by atoms with E-state index in [4.69, 9.17) is 0 Å². The van der Waals surface area contributed by atoms with Crippen LogP contribution in [0.3, 0.4) is 0 Å². The van der Waals surface area contributed by atoms with Crippen molar-refractivity contribution < 1.29 is 0 Å². The first kappa shape index (κ1) is 15.6. The minimum atomic E-state index is 0.405. The Hall–Kier alpha value is -1.45. The van der Waals surface area contributed by atoms with Crippen LogP contribution in [0.2, 0.25) is 0 Å². The average Bonchev–Trinajstić information content (AvgIpc) is 2.73. The van der Waals surface area contributed by atoms with Crippen LogP contribution in [-0.4, -0.2) is 24.1 Å². The molecular weight excluding hydrogens is 236 g/mol. The van der Waals surface area contributed by atoms with Gasteiger partial charge in [-0.3, -0.25) is 4.99 Å². The van der Waals surface area contributed by atoms with Gasteiger partial charge < -0.3 is 15.2 Å². The molecule has 0 atom stereocenters. The van der Waals surface area contributed by atoms with Crippen LogP contribution in [-0.2, 0) is 13.6 Å². The zero-order valence-corrected chi connectivity index (χ0v) is 13.0. The molecule has 0 unspecified atom stereocenters. The molecule has 2 N–H and O–H groups in total. The molecule has 0 saturated heterocycles. The van der Waals surface area contributed by atoms with Crippen molar-refractivity contribution in [3.05, 3.63) is 24.0 Å². The summed E-state index contributed by atoms with van der Waals surface area (Å²) in [6.07, 6.45) is 6.54. The van der Waals surface area contributed by atoms with Crippen molar-refractivity contribution in [1.82, 2.24) is 15.2 Å². The number of rotatable bonds is 5. The summed E-state index contributed by atoms with van der Waals surface area (Å²) in [6.45, 7) is 8.59. The highest BCUT2D eigenvalue weighted by Gasteiger charge is 2.09. The number of guanidine groups is 1. The lowest BCUT2D eigenvalue weighted by Crippen LogP contribution is -2.37. The number of aliphatic imine (C=N–C) groups is 1. The van der Waals surface area contributed by atoms with E-state index in [0.29, 0.717) is 5.41 Å². The molecule has 0 spiro atoms. The standard InChI is InChI=1S/C15H28N4/c1-15(2,3)8-6-9-17-14(16-4)18-11-13-7-10-19(5)12-13/h7,10,12H,6,8-9,11H2,1-5H3,(H2,16,17,18). The summed E-state index contributed by atoms with van der Waals surface area (Å²) in [4.78, 5) is 4.23. The molecule has 4 nitrogen and oxygen atoms in total. The number of aryl methyl sites for hydroxylation is 1. The van der Waals surface area contributed by atoms with Gasteiger partial charge in [-0.1, -0.05) is 20.8 Å². The highest BCUT2D eigenvalue weighted by atomic mass is 15.2. The summed E-state index contributed by atoms with van der Waals surface area (Å²) in [7, 11) is 3.84. The smallest absolute Gasteiger partial charge is 0.191 e. The van der Waals surface area contributed by atoms with Crippen LogP contribution in [0.15, 0.2) is 23.5 Å². The van der Waals surface area contributed by atoms with Crippen molar-refractivity contribution in [1.29, 1.82) is 0 Å². The average molecular weight is 264 g/mol. The molecule has 1 aromatic rings. The fourth-order valence-corrected chi connectivity index (χ4v) is 1.90. The second-order valence-corrected chi connectivity index (χ2v) is 6.20. The fourth-order valence-electron chi connectivity index (χ4n) is 1.90. The van der Waals surface area contributed by atoms with Crippen molar-refractivity contribution in [2.75, 3.05) is 13.6 Å². The number of aromatic nitrogens is 1. The van der Waals surface area contributed by atoms with Crippen molar-refractivity contribution in [3.63, 3.8) is 0 Å². The number of hydrogen-bond donors (Lipinski definition) is 2. The molecule has 19 heavy (non-hydrogen) atoms. The predicted octanol–water partition coefficient (Wildman–Crippen LogP) is 2.52. The quantitative estimate of drug-likeness (QED) is 0.487. The molecule has 0 bridgehead atoms. The van der Waals surface area contributed by atoms with Crippen LogP contribution in [0.5, 0.6) is 0 Å². The molecule has 0 radical (unpaired) electrons. The highest BCUT2D eigenvalue weighted by molar-refractivity contribution is 5.79. The maximum absolute atomic E-state index is 4.23. The van der Waals surface area contributed by atoms with Crippen molar-refractivity contribution >= 4 is 5.96 Å². The first-order chi connectivity index (χ1) is 8.90. The lowest BCUT2D eigenvalue weighted by atomic mass is 9.91. The minimum absolute atomic E-state index is 0.405. The molecule has 0 fully saturated rings. The van der Waals surface area contributed by atoms with Gasteiger partial charge in [0.2, 0.25) is 0 Å². The molecule has 0 aromatic carbocycles. The molecule has 1 heterocycles.